The van der Waals surface area contributed by atoms with Crippen molar-refractivity contribution >= 4 is 42.4 Å². The standard InChI is InChI=1S/C12H16N2O5S2/c1-12(2,3)19-11(18)13-8-5-4-6(15)14(5)7(9(16)17)10(20)21-8/h5,8,20H,4H2,1-3H3,(H,13,18)(H,16,17). The lowest BCUT2D eigenvalue weighted by atomic mass is 10.00. The molecule has 1 fully saturated rings. The zero-order chi connectivity index (χ0) is 15.9. The van der Waals surface area contributed by atoms with Crippen LogP contribution in [0.25, 0.3) is 0 Å². The third kappa shape index (κ3) is 3.29. The first kappa shape index (κ1) is 16.0. The Morgan fingerprint density at radius 3 is 2.57 bits per heavy atom. The Labute approximate surface area is 131 Å². The van der Waals surface area contributed by atoms with Crippen LogP contribution in [0.1, 0.15) is 27.2 Å². The maximum Gasteiger partial charge on any atom is 0.408 e. The van der Waals surface area contributed by atoms with Crippen LogP contribution < -0.4 is 5.32 Å². The van der Waals surface area contributed by atoms with Gasteiger partial charge in [-0.2, -0.15) is 0 Å². The molecule has 7 nitrogen and oxygen atoms in total. The monoisotopic (exact) mass is 332 g/mol. The highest BCUT2D eigenvalue weighted by Crippen LogP contribution is 2.43. The second-order valence-electron chi connectivity index (χ2n) is 5.68. The van der Waals surface area contributed by atoms with Crippen molar-refractivity contribution in [3.8, 4) is 0 Å². The van der Waals surface area contributed by atoms with E-state index < -0.39 is 29.1 Å². The number of nitrogens with zero attached hydrogens (tertiary/aromatic N) is 1. The molecule has 2 aliphatic heterocycles. The lowest BCUT2D eigenvalue weighted by molar-refractivity contribution is -0.149. The number of carboxylic acid groups (broad SMARTS) is 1. The van der Waals surface area contributed by atoms with Gasteiger partial charge in [-0.05, 0) is 20.8 Å². The van der Waals surface area contributed by atoms with Gasteiger partial charge in [0.25, 0.3) is 0 Å². The first-order valence-electron chi connectivity index (χ1n) is 6.25. The van der Waals surface area contributed by atoms with Crippen LogP contribution in [0.2, 0.25) is 0 Å². The number of aliphatic carboxylic acids is 1. The van der Waals surface area contributed by atoms with Gasteiger partial charge in [0.05, 0.1) is 16.7 Å². The number of carbonyl (C=O) groups excluding carboxylic acids is 2. The van der Waals surface area contributed by atoms with E-state index in [0.29, 0.717) is 0 Å². The summed E-state index contributed by atoms with van der Waals surface area (Å²) >= 11 is 5.21. The van der Waals surface area contributed by atoms with E-state index >= 15 is 0 Å². The van der Waals surface area contributed by atoms with Crippen molar-refractivity contribution in [2.45, 2.75) is 44.2 Å². The van der Waals surface area contributed by atoms with E-state index in [1.807, 2.05) is 0 Å². The van der Waals surface area contributed by atoms with Crippen molar-refractivity contribution in [1.29, 1.82) is 0 Å². The van der Waals surface area contributed by atoms with Crippen molar-refractivity contribution in [3.63, 3.8) is 0 Å². The van der Waals surface area contributed by atoms with Crippen molar-refractivity contribution in [2.24, 2.45) is 0 Å². The first-order valence-corrected chi connectivity index (χ1v) is 7.57. The molecular weight excluding hydrogens is 316 g/mol. The van der Waals surface area contributed by atoms with Crippen molar-refractivity contribution < 1.29 is 24.2 Å². The quantitative estimate of drug-likeness (QED) is 0.522. The minimum atomic E-state index is -1.21. The number of alkyl carbamates (subject to hydrolysis) is 1. The Hall–Kier alpha value is -1.35. The molecule has 2 rings (SSSR count). The van der Waals surface area contributed by atoms with Gasteiger partial charge in [0.15, 0.2) is 0 Å². The molecule has 0 bridgehead atoms. The number of carboxylic acids is 1. The summed E-state index contributed by atoms with van der Waals surface area (Å²) in [5.74, 6) is -1.50. The van der Waals surface area contributed by atoms with Crippen LogP contribution >= 0.6 is 24.4 Å². The molecule has 2 aliphatic rings. The number of thiol groups is 1. The van der Waals surface area contributed by atoms with Crippen molar-refractivity contribution in [3.05, 3.63) is 9.93 Å². The lowest BCUT2D eigenvalue weighted by Crippen LogP contribution is -2.63. The molecular formula is C12H16N2O5S2. The number of β-lactam (4-membered cyclic amide) rings is 1. The molecule has 0 saturated carbocycles. The Bertz CT molecular complexity index is 540. The molecule has 0 radical (unpaired) electrons. The largest absolute Gasteiger partial charge is 0.477 e. The predicted octanol–water partition coefficient (Wildman–Crippen LogP) is 1.37. The molecule has 2 unspecified atom stereocenters. The summed E-state index contributed by atoms with van der Waals surface area (Å²) in [5.41, 5.74) is -0.767. The second kappa shape index (κ2) is 5.45. The van der Waals surface area contributed by atoms with E-state index in [4.69, 9.17) is 9.84 Å². The van der Waals surface area contributed by atoms with Crippen LogP contribution in [0.5, 0.6) is 0 Å². The maximum absolute atomic E-state index is 11.8. The molecule has 0 aliphatic carbocycles. The van der Waals surface area contributed by atoms with E-state index in [0.717, 1.165) is 11.8 Å². The topological polar surface area (TPSA) is 95.9 Å². The van der Waals surface area contributed by atoms with Gasteiger partial charge < -0.3 is 15.2 Å². The summed E-state index contributed by atoms with van der Waals surface area (Å²) in [6, 6.07) is -0.392. The molecule has 2 N–H and O–H groups in total. The van der Waals surface area contributed by atoms with Crippen LogP contribution in [0.15, 0.2) is 9.93 Å². The van der Waals surface area contributed by atoms with E-state index in [2.05, 4.69) is 17.9 Å². The molecule has 0 aromatic rings. The smallest absolute Gasteiger partial charge is 0.408 e. The summed E-state index contributed by atoms with van der Waals surface area (Å²) in [6.45, 7) is 5.23. The maximum atomic E-state index is 11.8. The summed E-state index contributed by atoms with van der Waals surface area (Å²) < 4.78 is 5.35. The van der Waals surface area contributed by atoms with Gasteiger partial charge in [0, 0.05) is 0 Å². The number of fused-ring (bicyclic) bond motifs is 1. The Morgan fingerprint density at radius 2 is 2.10 bits per heavy atom. The Morgan fingerprint density at radius 1 is 1.48 bits per heavy atom. The van der Waals surface area contributed by atoms with Gasteiger partial charge in [-0.25, -0.2) is 9.59 Å². The van der Waals surface area contributed by atoms with Gasteiger partial charge in [0.2, 0.25) is 5.91 Å². The number of hydrogen-bond acceptors (Lipinski definition) is 6. The molecule has 1 saturated heterocycles. The molecule has 2 atom stereocenters. The van der Waals surface area contributed by atoms with Crippen molar-refractivity contribution in [2.75, 3.05) is 0 Å². The zero-order valence-corrected chi connectivity index (χ0v) is 13.5. The predicted molar refractivity (Wildman–Crippen MR) is 79.6 cm³/mol. The third-order valence-electron chi connectivity index (χ3n) is 2.88. The summed E-state index contributed by atoms with van der Waals surface area (Å²) in [6.07, 6.45) is -0.426. The van der Waals surface area contributed by atoms with Gasteiger partial charge in [-0.3, -0.25) is 9.69 Å². The normalized spacial score (nSPS) is 25.1. The number of rotatable bonds is 2. The molecule has 2 amide bonds. The number of amides is 2. The fourth-order valence-electron chi connectivity index (χ4n) is 2.08. The lowest BCUT2D eigenvalue weighted by Gasteiger charge is -2.47. The summed E-state index contributed by atoms with van der Waals surface area (Å²) in [7, 11) is 0. The van der Waals surface area contributed by atoms with Crippen LogP contribution in [0.3, 0.4) is 0 Å². The summed E-state index contributed by atoms with van der Waals surface area (Å²) in [4.78, 5) is 35.8. The average molecular weight is 332 g/mol. The van der Waals surface area contributed by atoms with Crippen LogP contribution in [-0.4, -0.2) is 45.0 Å². The number of thioether (sulfide) groups is 1. The van der Waals surface area contributed by atoms with Crippen LogP contribution in [-0.2, 0) is 14.3 Å². The van der Waals surface area contributed by atoms with Gasteiger partial charge in [-0.1, -0.05) is 11.8 Å². The van der Waals surface area contributed by atoms with Crippen LogP contribution in [0.4, 0.5) is 4.79 Å². The zero-order valence-electron chi connectivity index (χ0n) is 11.7. The Balaban J connectivity index is 2.13. The van der Waals surface area contributed by atoms with E-state index in [1.54, 1.807) is 20.8 Å². The van der Waals surface area contributed by atoms with Gasteiger partial charge in [-0.15, -0.1) is 12.6 Å². The third-order valence-corrected chi connectivity index (χ3v) is 4.51. The van der Waals surface area contributed by atoms with E-state index in [9.17, 15) is 14.4 Å². The molecule has 116 valence electrons. The molecule has 0 aromatic carbocycles. The fourth-order valence-corrected chi connectivity index (χ4v) is 3.69. The fraction of sp³-hybridized carbons (Fsp3) is 0.583. The number of ether oxygens (including phenoxy) is 1. The first-order chi connectivity index (χ1) is 9.60. The molecule has 2 heterocycles. The van der Waals surface area contributed by atoms with E-state index in [-0.39, 0.29) is 22.3 Å². The van der Waals surface area contributed by atoms with Gasteiger partial charge in [0.1, 0.15) is 16.7 Å². The van der Waals surface area contributed by atoms with Crippen LogP contribution in [0, 0.1) is 0 Å². The molecule has 21 heavy (non-hydrogen) atoms. The highest BCUT2D eigenvalue weighted by molar-refractivity contribution is 8.16. The molecule has 0 spiro atoms. The minimum Gasteiger partial charge on any atom is -0.477 e. The van der Waals surface area contributed by atoms with Crippen molar-refractivity contribution in [1.82, 2.24) is 10.2 Å². The second-order valence-corrected chi connectivity index (χ2v) is 7.58. The molecule has 0 aromatic heterocycles. The highest BCUT2D eigenvalue weighted by Gasteiger charge is 2.50. The number of nitrogens with one attached hydrogen (secondary N) is 1. The highest BCUT2D eigenvalue weighted by atomic mass is 32.2. The SMILES string of the molecule is CC(C)(C)OC(=O)NC1SC(S)=C(C(=O)O)N2C(=O)CC12. The summed E-state index contributed by atoms with van der Waals surface area (Å²) in [5, 5.41) is 11.3. The number of hydrogen-bond donors (Lipinski definition) is 3. The van der Waals surface area contributed by atoms with Gasteiger partial charge >= 0.3 is 12.1 Å². The molecule has 9 heteroatoms. The minimum absolute atomic E-state index is 0.133. The average Bonchev–Trinajstić information content (AvgIpc) is 2.27. The van der Waals surface area contributed by atoms with E-state index in [1.165, 1.54) is 4.90 Å². The number of carbonyl (C=O) groups is 3. The Kier molecular flexibility index (Phi) is 4.16.